The van der Waals surface area contributed by atoms with Crippen molar-refractivity contribution in [2.45, 2.75) is 31.8 Å². The van der Waals surface area contributed by atoms with Crippen molar-refractivity contribution in [2.75, 3.05) is 31.3 Å². The molecule has 0 aliphatic carbocycles. The molecule has 3 amide bonds. The van der Waals surface area contributed by atoms with Gasteiger partial charge in [0.1, 0.15) is 5.75 Å². The van der Waals surface area contributed by atoms with Crippen LogP contribution in [-0.2, 0) is 4.79 Å². The fourth-order valence-corrected chi connectivity index (χ4v) is 2.57. The molecule has 8 nitrogen and oxygen atoms in total. The van der Waals surface area contributed by atoms with Gasteiger partial charge in [-0.05, 0) is 38.1 Å². The molecule has 25 heavy (non-hydrogen) atoms. The summed E-state index contributed by atoms with van der Waals surface area (Å²) in [4.78, 5) is 25.8. The smallest absolute Gasteiger partial charge is 0.315 e. The first-order chi connectivity index (χ1) is 11.9. The van der Waals surface area contributed by atoms with E-state index in [1.807, 2.05) is 6.92 Å². The summed E-state index contributed by atoms with van der Waals surface area (Å²) in [7, 11) is 0. The van der Waals surface area contributed by atoms with E-state index in [1.54, 1.807) is 29.2 Å². The van der Waals surface area contributed by atoms with Crippen LogP contribution in [0.1, 0.15) is 20.3 Å². The minimum atomic E-state index is -1.11. The highest BCUT2D eigenvalue weighted by molar-refractivity contribution is 5.96. The molecule has 1 aliphatic rings. The molecule has 1 saturated heterocycles. The molecule has 138 valence electrons. The number of hydrogen-bond donors (Lipinski definition) is 4. The number of carbonyl (C=O) groups excluding carboxylic acids is 2. The number of carbonyl (C=O) groups is 2. The number of amides is 3. The number of anilines is 1. The van der Waals surface area contributed by atoms with Gasteiger partial charge in [-0.3, -0.25) is 4.79 Å². The zero-order valence-corrected chi connectivity index (χ0v) is 14.5. The third-order valence-electron chi connectivity index (χ3n) is 4.03. The molecule has 1 aromatic carbocycles. The zero-order chi connectivity index (χ0) is 18.4. The Balaban J connectivity index is 1.94. The molecule has 1 aliphatic heterocycles. The van der Waals surface area contributed by atoms with E-state index in [0.29, 0.717) is 13.2 Å². The van der Waals surface area contributed by atoms with Gasteiger partial charge >= 0.3 is 6.03 Å². The van der Waals surface area contributed by atoms with E-state index in [-0.39, 0.29) is 18.4 Å². The highest BCUT2D eigenvalue weighted by Gasteiger charge is 2.33. The SMILES string of the molecule is CCOc1ccc(N2CC(NC(=O)NC(C)(CO)CO)CC2=O)cc1. The quantitative estimate of drug-likeness (QED) is 0.562. The summed E-state index contributed by atoms with van der Waals surface area (Å²) >= 11 is 0. The van der Waals surface area contributed by atoms with Crippen LogP contribution in [0.5, 0.6) is 5.75 Å². The minimum Gasteiger partial charge on any atom is -0.494 e. The molecule has 1 atom stereocenters. The second-order valence-corrected chi connectivity index (χ2v) is 6.31. The number of nitrogens with zero attached hydrogens (tertiary/aromatic N) is 1. The molecule has 1 fully saturated rings. The van der Waals surface area contributed by atoms with Crippen molar-refractivity contribution in [1.29, 1.82) is 0 Å². The number of ether oxygens (including phenoxy) is 1. The third kappa shape index (κ3) is 4.83. The normalized spacial score (nSPS) is 17.5. The van der Waals surface area contributed by atoms with Gasteiger partial charge in [-0.25, -0.2) is 4.79 Å². The lowest BCUT2D eigenvalue weighted by Gasteiger charge is -2.27. The van der Waals surface area contributed by atoms with Gasteiger partial charge in [0.15, 0.2) is 0 Å². The molecule has 1 heterocycles. The Labute approximate surface area is 146 Å². The second kappa shape index (κ2) is 8.17. The van der Waals surface area contributed by atoms with Crippen molar-refractivity contribution in [3.05, 3.63) is 24.3 Å². The lowest BCUT2D eigenvalue weighted by molar-refractivity contribution is -0.117. The van der Waals surface area contributed by atoms with Gasteiger partial charge < -0.3 is 30.5 Å². The van der Waals surface area contributed by atoms with Crippen molar-refractivity contribution in [3.63, 3.8) is 0 Å². The lowest BCUT2D eigenvalue weighted by Crippen LogP contribution is -2.56. The Morgan fingerprint density at radius 1 is 1.32 bits per heavy atom. The molecular formula is C17H25N3O5. The van der Waals surface area contributed by atoms with Crippen LogP contribution in [-0.4, -0.2) is 60.1 Å². The van der Waals surface area contributed by atoms with E-state index in [2.05, 4.69) is 10.6 Å². The Bertz CT molecular complexity index is 601. The number of aliphatic hydroxyl groups is 2. The number of urea groups is 1. The van der Waals surface area contributed by atoms with Crippen molar-refractivity contribution < 1.29 is 24.5 Å². The first-order valence-electron chi connectivity index (χ1n) is 8.24. The highest BCUT2D eigenvalue weighted by atomic mass is 16.5. The molecule has 8 heteroatoms. The van der Waals surface area contributed by atoms with Gasteiger partial charge in [0.25, 0.3) is 0 Å². The minimum absolute atomic E-state index is 0.0819. The van der Waals surface area contributed by atoms with E-state index in [0.717, 1.165) is 11.4 Å². The molecule has 1 unspecified atom stereocenters. The molecule has 0 bridgehead atoms. The van der Waals surface area contributed by atoms with Crippen molar-refractivity contribution in [2.24, 2.45) is 0 Å². The predicted octanol–water partition coefficient (Wildman–Crippen LogP) is 0.233. The van der Waals surface area contributed by atoms with Gasteiger partial charge in [0.2, 0.25) is 5.91 Å². The van der Waals surface area contributed by atoms with Gasteiger partial charge in [0, 0.05) is 18.7 Å². The summed E-state index contributed by atoms with van der Waals surface area (Å²) in [5.41, 5.74) is -0.365. The monoisotopic (exact) mass is 351 g/mol. The van der Waals surface area contributed by atoms with Crippen LogP contribution in [0.4, 0.5) is 10.5 Å². The van der Waals surface area contributed by atoms with E-state index >= 15 is 0 Å². The zero-order valence-electron chi connectivity index (χ0n) is 14.5. The van der Waals surface area contributed by atoms with Crippen LogP contribution < -0.4 is 20.3 Å². The van der Waals surface area contributed by atoms with Gasteiger partial charge in [0.05, 0.1) is 31.4 Å². The molecule has 2 rings (SSSR count). The van der Waals surface area contributed by atoms with Crippen LogP contribution in [0.15, 0.2) is 24.3 Å². The Hall–Kier alpha value is -2.32. The van der Waals surface area contributed by atoms with Gasteiger partial charge in [-0.1, -0.05) is 0 Å². The number of benzene rings is 1. The average Bonchev–Trinajstić information content (AvgIpc) is 2.95. The number of rotatable bonds is 7. The number of hydrogen-bond acceptors (Lipinski definition) is 5. The lowest BCUT2D eigenvalue weighted by atomic mass is 10.1. The van der Waals surface area contributed by atoms with Crippen LogP contribution in [0, 0.1) is 0 Å². The molecule has 0 saturated carbocycles. The van der Waals surface area contributed by atoms with Crippen LogP contribution in [0.3, 0.4) is 0 Å². The maximum absolute atomic E-state index is 12.2. The summed E-state index contributed by atoms with van der Waals surface area (Å²) in [6.45, 7) is 3.58. The van der Waals surface area contributed by atoms with Gasteiger partial charge in [-0.2, -0.15) is 0 Å². The largest absolute Gasteiger partial charge is 0.494 e. The summed E-state index contributed by atoms with van der Waals surface area (Å²) in [5, 5.41) is 23.6. The van der Waals surface area contributed by atoms with Gasteiger partial charge in [-0.15, -0.1) is 0 Å². The molecular weight excluding hydrogens is 326 g/mol. The number of nitrogens with one attached hydrogen (secondary N) is 2. The van der Waals surface area contributed by atoms with E-state index < -0.39 is 24.8 Å². The third-order valence-corrected chi connectivity index (χ3v) is 4.03. The van der Waals surface area contributed by atoms with Crippen LogP contribution in [0.2, 0.25) is 0 Å². The second-order valence-electron chi connectivity index (χ2n) is 6.31. The highest BCUT2D eigenvalue weighted by Crippen LogP contribution is 2.24. The van der Waals surface area contributed by atoms with E-state index in [4.69, 9.17) is 4.74 Å². The van der Waals surface area contributed by atoms with Crippen molar-refractivity contribution in [3.8, 4) is 5.75 Å². The predicted molar refractivity (Wildman–Crippen MR) is 92.6 cm³/mol. The average molecular weight is 351 g/mol. The topological polar surface area (TPSA) is 111 Å². The number of aliphatic hydroxyl groups excluding tert-OH is 2. The van der Waals surface area contributed by atoms with Crippen molar-refractivity contribution >= 4 is 17.6 Å². The first kappa shape index (κ1) is 19.0. The Kier molecular flexibility index (Phi) is 6.22. The molecule has 0 aromatic heterocycles. The fraction of sp³-hybridized carbons (Fsp3) is 0.529. The van der Waals surface area contributed by atoms with Crippen LogP contribution >= 0.6 is 0 Å². The van der Waals surface area contributed by atoms with Crippen LogP contribution in [0.25, 0.3) is 0 Å². The Morgan fingerprint density at radius 2 is 1.96 bits per heavy atom. The summed E-state index contributed by atoms with van der Waals surface area (Å²) in [5.74, 6) is 0.653. The summed E-state index contributed by atoms with van der Waals surface area (Å²) in [6, 6.07) is 6.33. The molecule has 0 spiro atoms. The molecule has 1 aromatic rings. The molecule has 0 radical (unpaired) electrons. The first-order valence-corrected chi connectivity index (χ1v) is 8.24. The maximum atomic E-state index is 12.2. The maximum Gasteiger partial charge on any atom is 0.315 e. The molecule has 4 N–H and O–H groups in total. The standard InChI is InChI=1S/C17H25N3O5/c1-3-25-14-6-4-13(5-7-14)20-9-12(8-15(20)23)18-16(24)19-17(2,10-21)11-22/h4-7,12,21-22H,3,8-11H2,1-2H3,(H2,18,19,24). The van der Waals surface area contributed by atoms with E-state index in [9.17, 15) is 19.8 Å². The van der Waals surface area contributed by atoms with E-state index in [1.165, 1.54) is 6.92 Å². The van der Waals surface area contributed by atoms with Crippen molar-refractivity contribution in [1.82, 2.24) is 10.6 Å². The fourth-order valence-electron chi connectivity index (χ4n) is 2.57. The summed E-state index contributed by atoms with van der Waals surface area (Å²) < 4.78 is 5.38. The Morgan fingerprint density at radius 3 is 2.52 bits per heavy atom. The summed E-state index contributed by atoms with van der Waals surface area (Å²) in [6.07, 6.45) is 0.190.